The van der Waals surface area contributed by atoms with Gasteiger partial charge in [0.05, 0.1) is 27.2 Å². The number of fused-ring (bicyclic) bond motifs is 5. The van der Waals surface area contributed by atoms with E-state index >= 15 is 0 Å². The molecule has 26 heavy (non-hydrogen) atoms. The third kappa shape index (κ3) is 2.19. The van der Waals surface area contributed by atoms with Gasteiger partial charge < -0.3 is 18.9 Å². The lowest BCUT2D eigenvalue weighted by molar-refractivity contribution is 0.0479. The summed E-state index contributed by atoms with van der Waals surface area (Å²) in [7, 11) is 4.79. The van der Waals surface area contributed by atoms with E-state index < -0.39 is 5.60 Å². The largest absolute Gasteiger partial charge is 0.497 e. The Labute approximate surface area is 152 Å². The Bertz CT molecular complexity index is 900. The summed E-state index contributed by atoms with van der Waals surface area (Å²) in [5.41, 5.74) is 1.97. The second-order valence-electron chi connectivity index (χ2n) is 7.22. The molecule has 1 heterocycles. The van der Waals surface area contributed by atoms with Gasteiger partial charge in [0.2, 0.25) is 0 Å². The molecule has 0 radical (unpaired) electrons. The number of ether oxygens (including phenoxy) is 4. The minimum Gasteiger partial charge on any atom is -0.497 e. The average Bonchev–Trinajstić information content (AvgIpc) is 2.93. The number of ketones is 1. The van der Waals surface area contributed by atoms with Crippen molar-refractivity contribution in [2.24, 2.45) is 0 Å². The summed E-state index contributed by atoms with van der Waals surface area (Å²) in [6.07, 6.45) is 0. The number of methoxy groups -OCH3 is 3. The van der Waals surface area contributed by atoms with Gasteiger partial charge in [0.25, 0.3) is 0 Å². The maximum absolute atomic E-state index is 13.3. The Balaban J connectivity index is 1.93. The lowest BCUT2D eigenvalue weighted by atomic mass is 9.74. The van der Waals surface area contributed by atoms with Crippen molar-refractivity contribution < 1.29 is 23.7 Å². The van der Waals surface area contributed by atoms with Crippen LogP contribution in [0.1, 0.15) is 47.2 Å². The summed E-state index contributed by atoms with van der Waals surface area (Å²) >= 11 is 0. The normalized spacial score (nSPS) is 22.0. The van der Waals surface area contributed by atoms with Crippen molar-refractivity contribution in [1.29, 1.82) is 0 Å². The third-order valence-corrected chi connectivity index (χ3v) is 5.45. The Hall–Kier alpha value is -2.69. The van der Waals surface area contributed by atoms with Crippen LogP contribution in [0.3, 0.4) is 0 Å². The molecule has 2 aliphatic rings. The van der Waals surface area contributed by atoms with Crippen molar-refractivity contribution in [3.63, 3.8) is 0 Å². The van der Waals surface area contributed by atoms with Gasteiger partial charge in [-0.1, -0.05) is 6.07 Å². The van der Waals surface area contributed by atoms with E-state index in [-0.39, 0.29) is 17.6 Å². The molecule has 0 amide bonds. The predicted octanol–water partition coefficient (Wildman–Crippen LogP) is 3.95. The SMILES string of the molecule is COc1ccc2c(c1)OC(C)(C)[C@H]1c3cc(OC)c(OC)cc3C(=O)[C@@H]21. The summed E-state index contributed by atoms with van der Waals surface area (Å²) in [4.78, 5) is 13.3. The number of hydrogen-bond donors (Lipinski definition) is 0. The van der Waals surface area contributed by atoms with Gasteiger partial charge in [0.15, 0.2) is 17.3 Å². The number of Topliss-reactive ketones (excluding diaryl/α,β-unsaturated/α-hetero) is 1. The van der Waals surface area contributed by atoms with Crippen LogP contribution in [0, 0.1) is 0 Å². The summed E-state index contributed by atoms with van der Waals surface area (Å²) < 4.78 is 22.5. The lowest BCUT2D eigenvalue weighted by Crippen LogP contribution is -2.42. The first-order valence-electron chi connectivity index (χ1n) is 8.58. The molecule has 4 rings (SSSR count). The molecule has 0 spiro atoms. The Morgan fingerprint density at radius 1 is 0.923 bits per heavy atom. The standard InChI is InChI=1S/C21H22O5/c1-21(2)19-13-9-16(24-4)17(25-5)10-14(13)20(22)18(19)12-7-6-11(23-3)8-15(12)26-21/h6-10,18-19H,1-5H3/t18-,19-/m0/s1. The van der Waals surface area contributed by atoms with Crippen molar-refractivity contribution in [2.75, 3.05) is 21.3 Å². The van der Waals surface area contributed by atoms with Crippen LogP contribution in [0.15, 0.2) is 30.3 Å². The first kappa shape index (κ1) is 16.8. The maximum Gasteiger partial charge on any atom is 0.171 e. The molecule has 0 unspecified atom stereocenters. The Morgan fingerprint density at radius 3 is 2.27 bits per heavy atom. The maximum atomic E-state index is 13.3. The molecule has 0 N–H and O–H groups in total. The van der Waals surface area contributed by atoms with Crippen LogP contribution in [0.4, 0.5) is 0 Å². The van der Waals surface area contributed by atoms with Gasteiger partial charge >= 0.3 is 0 Å². The van der Waals surface area contributed by atoms with E-state index in [1.54, 1.807) is 27.4 Å². The molecule has 0 fully saturated rings. The van der Waals surface area contributed by atoms with Crippen molar-refractivity contribution in [2.45, 2.75) is 31.3 Å². The minimum absolute atomic E-state index is 0.0914. The van der Waals surface area contributed by atoms with Gasteiger partial charge in [-0.2, -0.15) is 0 Å². The molecule has 2 aromatic carbocycles. The topological polar surface area (TPSA) is 54.0 Å². The van der Waals surface area contributed by atoms with Gasteiger partial charge in [-0.15, -0.1) is 0 Å². The zero-order valence-corrected chi connectivity index (χ0v) is 15.6. The minimum atomic E-state index is -0.551. The number of carbonyl (C=O) groups excluding carboxylic acids is 1. The highest BCUT2D eigenvalue weighted by atomic mass is 16.5. The van der Waals surface area contributed by atoms with E-state index in [0.717, 1.165) is 11.1 Å². The molecular weight excluding hydrogens is 332 g/mol. The second kappa shape index (κ2) is 5.66. The molecule has 0 saturated carbocycles. The van der Waals surface area contributed by atoms with E-state index in [1.165, 1.54) is 0 Å². The average molecular weight is 354 g/mol. The van der Waals surface area contributed by atoms with E-state index in [4.69, 9.17) is 18.9 Å². The van der Waals surface area contributed by atoms with Crippen LogP contribution >= 0.6 is 0 Å². The van der Waals surface area contributed by atoms with Crippen LogP contribution in [0.2, 0.25) is 0 Å². The highest BCUT2D eigenvalue weighted by Gasteiger charge is 2.53. The Kier molecular flexibility index (Phi) is 3.65. The lowest BCUT2D eigenvalue weighted by Gasteiger charge is -2.41. The monoisotopic (exact) mass is 354 g/mol. The van der Waals surface area contributed by atoms with Gasteiger partial charge in [-0.25, -0.2) is 0 Å². The van der Waals surface area contributed by atoms with Crippen LogP contribution in [0.5, 0.6) is 23.0 Å². The summed E-state index contributed by atoms with van der Waals surface area (Å²) in [5.74, 6) is 2.31. The second-order valence-corrected chi connectivity index (χ2v) is 7.22. The first-order chi connectivity index (χ1) is 12.4. The Morgan fingerprint density at radius 2 is 1.62 bits per heavy atom. The zero-order valence-electron chi connectivity index (χ0n) is 15.6. The van der Waals surface area contributed by atoms with Crippen molar-refractivity contribution in [3.8, 4) is 23.0 Å². The fourth-order valence-electron chi connectivity index (χ4n) is 4.29. The highest BCUT2D eigenvalue weighted by molar-refractivity contribution is 6.07. The van der Waals surface area contributed by atoms with Crippen LogP contribution in [-0.4, -0.2) is 32.7 Å². The summed E-state index contributed by atoms with van der Waals surface area (Å²) in [6.45, 7) is 4.04. The van der Waals surface area contributed by atoms with Crippen LogP contribution in [0.25, 0.3) is 0 Å². The van der Waals surface area contributed by atoms with Crippen LogP contribution in [-0.2, 0) is 0 Å². The molecule has 0 saturated heterocycles. The van der Waals surface area contributed by atoms with E-state index in [9.17, 15) is 4.79 Å². The van der Waals surface area contributed by atoms with Crippen LogP contribution < -0.4 is 18.9 Å². The molecule has 1 aliphatic carbocycles. The molecule has 136 valence electrons. The van der Waals surface area contributed by atoms with Crippen molar-refractivity contribution >= 4 is 5.78 Å². The van der Waals surface area contributed by atoms with Gasteiger partial charge in [0, 0.05) is 23.1 Å². The zero-order chi connectivity index (χ0) is 18.6. The number of hydrogen-bond acceptors (Lipinski definition) is 5. The summed E-state index contributed by atoms with van der Waals surface area (Å²) in [6, 6.07) is 9.35. The highest BCUT2D eigenvalue weighted by Crippen LogP contribution is 2.57. The number of carbonyl (C=O) groups is 1. The molecule has 0 bridgehead atoms. The molecule has 2 aromatic rings. The predicted molar refractivity (Wildman–Crippen MR) is 97.1 cm³/mol. The van der Waals surface area contributed by atoms with Gasteiger partial charge in [-0.05, 0) is 37.6 Å². The van der Waals surface area contributed by atoms with Crippen molar-refractivity contribution in [3.05, 3.63) is 47.0 Å². The summed E-state index contributed by atoms with van der Waals surface area (Å²) in [5, 5.41) is 0. The van der Waals surface area contributed by atoms with E-state index in [0.29, 0.717) is 28.6 Å². The molecule has 2 atom stereocenters. The molecular formula is C21H22O5. The quantitative estimate of drug-likeness (QED) is 0.835. The molecule has 1 aliphatic heterocycles. The fraction of sp³-hybridized carbons (Fsp3) is 0.381. The molecule has 0 aromatic heterocycles. The molecule has 5 nitrogen and oxygen atoms in total. The van der Waals surface area contributed by atoms with Gasteiger partial charge in [-0.3, -0.25) is 4.79 Å². The number of benzene rings is 2. The first-order valence-corrected chi connectivity index (χ1v) is 8.58. The number of rotatable bonds is 3. The third-order valence-electron chi connectivity index (χ3n) is 5.45. The fourth-order valence-corrected chi connectivity index (χ4v) is 4.29. The van der Waals surface area contributed by atoms with E-state index in [2.05, 4.69) is 0 Å². The molecule has 5 heteroatoms. The smallest absolute Gasteiger partial charge is 0.171 e. The van der Waals surface area contributed by atoms with Gasteiger partial charge in [0.1, 0.15) is 17.1 Å². The van der Waals surface area contributed by atoms with Crippen molar-refractivity contribution in [1.82, 2.24) is 0 Å². The van der Waals surface area contributed by atoms with E-state index in [1.807, 2.05) is 38.1 Å².